The van der Waals surface area contributed by atoms with Crippen molar-refractivity contribution in [1.82, 2.24) is 51.0 Å². The third kappa shape index (κ3) is 11.3. The van der Waals surface area contributed by atoms with Gasteiger partial charge in [-0.2, -0.15) is 5.10 Å². The van der Waals surface area contributed by atoms with Crippen molar-refractivity contribution in [2.75, 3.05) is 43.5 Å². The number of aromatic nitrogens is 6. The SMILES string of the molecule is CN[C@@H](C)C(=O)N[C@H](C(=O)N1C[C@@H](Oc2cnc(N3CCC(COc4cc5ncnc(Nc6n[nH]c(C)c6C)c5cc4S(=O)(=O)C(C)(C)C)CC3)nc2)C[C@H]1C(=O)N[C@@H]1CCCc2ccccc21)C1CCCCC1. The van der Waals surface area contributed by atoms with Crippen LogP contribution in [0.5, 0.6) is 11.5 Å². The van der Waals surface area contributed by atoms with Gasteiger partial charge in [-0.1, -0.05) is 43.5 Å². The first-order valence-electron chi connectivity index (χ1n) is 26.3. The molecule has 2 aliphatic carbocycles. The Balaban J connectivity index is 0.861. The molecule has 5 N–H and O–H groups in total. The van der Waals surface area contributed by atoms with Crippen molar-refractivity contribution in [1.29, 1.82) is 0 Å². The van der Waals surface area contributed by atoms with Gasteiger partial charge in [0.25, 0.3) is 0 Å². The molecule has 3 amide bonds. The molecule has 0 radical (unpaired) electrons. The average molecular weight is 1030 g/mol. The summed E-state index contributed by atoms with van der Waals surface area (Å²) in [6, 6.07) is 9.26. The van der Waals surface area contributed by atoms with E-state index in [0.717, 1.165) is 81.0 Å². The molecule has 3 fully saturated rings. The van der Waals surface area contributed by atoms with Gasteiger partial charge in [-0.05, 0) is 123 Å². The number of likely N-dealkylation sites (tertiary alicyclic amines) is 1. The first kappa shape index (κ1) is 52.5. The molecule has 1 saturated carbocycles. The first-order valence-corrected chi connectivity index (χ1v) is 27.8. The van der Waals surface area contributed by atoms with Crippen LogP contribution >= 0.6 is 0 Å². The molecule has 2 saturated heterocycles. The number of anilines is 3. The Labute approximate surface area is 434 Å². The van der Waals surface area contributed by atoms with E-state index in [1.54, 1.807) is 64.2 Å². The third-order valence-corrected chi connectivity index (χ3v) is 18.1. The number of aryl methyl sites for hydroxylation is 2. The number of aromatic amines is 1. The Morgan fingerprint density at radius 3 is 2.36 bits per heavy atom. The minimum absolute atomic E-state index is 0.0400. The van der Waals surface area contributed by atoms with E-state index in [2.05, 4.69) is 58.5 Å². The average Bonchev–Trinajstić information content (AvgIpc) is 3.98. The third-order valence-electron chi connectivity index (χ3n) is 15.6. The van der Waals surface area contributed by atoms with Crippen LogP contribution in [0.15, 0.2) is 60.0 Å². The molecule has 2 aliphatic heterocycles. The molecule has 3 aromatic heterocycles. The number of rotatable bonds is 16. The summed E-state index contributed by atoms with van der Waals surface area (Å²) >= 11 is 0. The lowest BCUT2D eigenvalue weighted by Gasteiger charge is -2.35. The van der Waals surface area contributed by atoms with Crippen molar-refractivity contribution < 1.29 is 32.3 Å². The summed E-state index contributed by atoms with van der Waals surface area (Å²) < 4.78 is 40.0. The van der Waals surface area contributed by atoms with E-state index < -0.39 is 38.8 Å². The van der Waals surface area contributed by atoms with E-state index in [9.17, 15) is 22.8 Å². The minimum atomic E-state index is -3.86. The summed E-state index contributed by atoms with van der Waals surface area (Å²) in [7, 11) is -2.14. The highest BCUT2D eigenvalue weighted by molar-refractivity contribution is 7.92. The van der Waals surface area contributed by atoms with Crippen LogP contribution in [0.3, 0.4) is 0 Å². The van der Waals surface area contributed by atoms with Crippen LogP contribution in [0.4, 0.5) is 17.6 Å². The number of amides is 3. The van der Waals surface area contributed by atoms with Crippen LogP contribution in [0.2, 0.25) is 0 Å². The highest BCUT2D eigenvalue weighted by Gasteiger charge is 2.46. The van der Waals surface area contributed by atoms with Gasteiger partial charge in [0.2, 0.25) is 23.7 Å². The molecule has 0 spiro atoms. The number of likely N-dealkylation sites (N-methyl/N-ethyl adjacent to an activating group) is 1. The van der Waals surface area contributed by atoms with Crippen molar-refractivity contribution in [3.63, 3.8) is 0 Å². The lowest BCUT2D eigenvalue weighted by atomic mass is 9.83. The molecule has 74 heavy (non-hydrogen) atoms. The molecular weight excluding hydrogens is 961 g/mol. The van der Waals surface area contributed by atoms with Crippen LogP contribution < -0.4 is 35.6 Å². The maximum atomic E-state index is 14.8. The predicted octanol–water partition coefficient (Wildman–Crippen LogP) is 6.59. The smallest absolute Gasteiger partial charge is 0.246 e. The summed E-state index contributed by atoms with van der Waals surface area (Å²) in [5.74, 6) is 1.59. The number of carbonyl (C=O) groups is 3. The predicted molar refractivity (Wildman–Crippen MR) is 282 cm³/mol. The van der Waals surface area contributed by atoms with Crippen molar-refractivity contribution >= 4 is 56.0 Å². The maximum Gasteiger partial charge on any atom is 0.246 e. The van der Waals surface area contributed by atoms with Gasteiger partial charge in [0, 0.05) is 42.2 Å². The number of nitrogens with one attached hydrogen (secondary N) is 5. The molecule has 0 bridgehead atoms. The zero-order chi connectivity index (χ0) is 52.3. The van der Waals surface area contributed by atoms with Gasteiger partial charge in [0.05, 0.1) is 47.9 Å². The molecule has 5 heterocycles. The highest BCUT2D eigenvalue weighted by atomic mass is 32.2. The lowest BCUT2D eigenvalue weighted by molar-refractivity contribution is -0.143. The van der Waals surface area contributed by atoms with Gasteiger partial charge >= 0.3 is 0 Å². The number of H-pyrrole nitrogens is 1. The number of hydrogen-bond donors (Lipinski definition) is 5. The molecule has 9 rings (SSSR count). The Kier molecular flexibility index (Phi) is 15.7. The minimum Gasteiger partial charge on any atom is -0.492 e. The van der Waals surface area contributed by atoms with Crippen LogP contribution in [-0.4, -0.2) is 123 Å². The quantitative estimate of drug-likeness (QED) is 0.0701. The highest BCUT2D eigenvalue weighted by Crippen LogP contribution is 2.39. The topological polar surface area (TPSA) is 239 Å². The van der Waals surface area contributed by atoms with Gasteiger partial charge in [-0.25, -0.2) is 28.4 Å². The molecule has 20 heteroatoms. The Morgan fingerprint density at radius 1 is 0.919 bits per heavy atom. The molecule has 2 aromatic carbocycles. The zero-order valence-corrected chi connectivity index (χ0v) is 44.6. The van der Waals surface area contributed by atoms with Gasteiger partial charge in [0.1, 0.15) is 41.0 Å². The first-order chi connectivity index (χ1) is 35.5. The molecule has 4 aliphatic rings. The van der Waals surface area contributed by atoms with E-state index in [4.69, 9.17) is 19.4 Å². The lowest BCUT2D eigenvalue weighted by Crippen LogP contribution is -2.58. The fourth-order valence-corrected chi connectivity index (χ4v) is 12.1. The second kappa shape index (κ2) is 22.2. The number of ether oxygens (including phenoxy) is 2. The number of hydrogen-bond acceptors (Lipinski definition) is 15. The number of fused-ring (bicyclic) bond motifs is 2. The van der Waals surface area contributed by atoms with Gasteiger partial charge in [-0.3, -0.25) is 19.5 Å². The van der Waals surface area contributed by atoms with Gasteiger partial charge < -0.3 is 40.5 Å². The van der Waals surface area contributed by atoms with Crippen molar-refractivity contribution in [2.24, 2.45) is 11.8 Å². The Morgan fingerprint density at radius 2 is 1.66 bits per heavy atom. The van der Waals surface area contributed by atoms with Crippen LogP contribution in [0, 0.1) is 25.7 Å². The van der Waals surface area contributed by atoms with E-state index in [1.165, 1.54) is 11.9 Å². The second-order valence-electron chi connectivity index (χ2n) is 21.6. The number of piperidine rings is 1. The monoisotopic (exact) mass is 1030 g/mol. The summed E-state index contributed by atoms with van der Waals surface area (Å²) in [5.41, 5.74) is 4.69. The van der Waals surface area contributed by atoms with Crippen LogP contribution in [0.25, 0.3) is 10.9 Å². The zero-order valence-electron chi connectivity index (χ0n) is 43.7. The van der Waals surface area contributed by atoms with E-state index in [0.29, 0.717) is 53.9 Å². The largest absolute Gasteiger partial charge is 0.492 e. The van der Waals surface area contributed by atoms with Crippen LogP contribution in [0.1, 0.15) is 120 Å². The summed E-state index contributed by atoms with van der Waals surface area (Å²) in [6.45, 7) is 12.4. The summed E-state index contributed by atoms with van der Waals surface area (Å²) in [6.07, 6.45) is 13.4. The fraction of sp³-hybridized carbons (Fsp3) is 0.556. The van der Waals surface area contributed by atoms with Crippen molar-refractivity contribution in [3.8, 4) is 11.5 Å². The molecular formula is C54H72N12O7S. The van der Waals surface area contributed by atoms with Gasteiger partial charge in [-0.15, -0.1) is 0 Å². The summed E-state index contributed by atoms with van der Waals surface area (Å²) in [5, 5.41) is 20.5. The van der Waals surface area contributed by atoms with Crippen LogP contribution in [-0.2, 0) is 30.6 Å². The maximum absolute atomic E-state index is 14.8. The van der Waals surface area contributed by atoms with E-state index in [-0.39, 0.29) is 59.2 Å². The summed E-state index contributed by atoms with van der Waals surface area (Å²) in [4.78, 5) is 64.8. The number of nitrogens with zero attached hydrogens (tertiary/aromatic N) is 7. The fourth-order valence-electron chi connectivity index (χ4n) is 10.8. The molecule has 5 aromatic rings. The van der Waals surface area contributed by atoms with Gasteiger partial charge in [0.15, 0.2) is 21.4 Å². The van der Waals surface area contributed by atoms with Crippen molar-refractivity contribution in [3.05, 3.63) is 77.5 Å². The normalized spacial score (nSPS) is 20.7. The Bertz CT molecular complexity index is 2930. The molecule has 0 unspecified atom stereocenters. The number of carbonyl (C=O) groups excluding carboxylic acids is 3. The second-order valence-corrected chi connectivity index (χ2v) is 24.3. The molecule has 19 nitrogen and oxygen atoms in total. The number of sulfone groups is 1. The van der Waals surface area contributed by atoms with E-state index in [1.807, 2.05) is 26.0 Å². The van der Waals surface area contributed by atoms with E-state index >= 15 is 0 Å². The Hall–Kier alpha value is -6.41. The number of benzene rings is 2. The molecule has 396 valence electrons. The standard InChI is InChI=1S/C54H72N12O7S/c1-32-33(2)63-64-48(32)62-49-41-25-46(74(70,71)54(4,5)6)45(26-43(41)58-31-59-49)72-30-35-20-22-65(23-21-35)53-56-27-39(28-57-53)73-38-24-44(51(68)60-42-19-13-17-36-14-11-12-18-40(36)42)66(29-38)52(69)47(37-15-9-8-10-16-37)61-50(67)34(3)55-7/h11-12,14,18,25-28,31,34-35,37-38,42,44,47,55H,8-10,13,15-17,19-24,29-30H2,1-7H3,(H,60,68)(H,61,67)(H2,58,59,62,63,64)/t34-,38-,42+,44-,47-/m0/s1. The van der Waals surface area contributed by atoms with Crippen molar-refractivity contribution in [2.45, 2.75) is 152 Å². The molecule has 5 atom stereocenters.